The van der Waals surface area contributed by atoms with E-state index in [9.17, 15) is 18.4 Å². The number of amides is 1. The van der Waals surface area contributed by atoms with Crippen LogP contribution in [-0.4, -0.2) is 47.4 Å². The second kappa shape index (κ2) is 7.17. The fraction of sp³-hybridized carbons (Fsp3) is 0.429. The van der Waals surface area contributed by atoms with Crippen LogP contribution in [0.15, 0.2) is 30.3 Å². The molecule has 0 spiro atoms. The molecule has 1 aliphatic heterocycles. The maximum absolute atomic E-state index is 12.2. The minimum Gasteiger partial charge on any atom is -0.480 e. The first-order valence-electron chi connectivity index (χ1n) is 6.61. The van der Waals surface area contributed by atoms with Gasteiger partial charge in [0.25, 0.3) is 0 Å². The molecule has 22 heavy (non-hydrogen) atoms. The van der Waals surface area contributed by atoms with Crippen LogP contribution >= 0.6 is 0 Å². The van der Waals surface area contributed by atoms with Crippen LogP contribution in [0.3, 0.4) is 0 Å². The van der Waals surface area contributed by atoms with Crippen molar-refractivity contribution in [3.8, 4) is 0 Å². The number of benzene rings is 1. The van der Waals surface area contributed by atoms with E-state index in [4.69, 9.17) is 9.84 Å². The van der Waals surface area contributed by atoms with Crippen molar-refractivity contribution in [1.29, 1.82) is 0 Å². The number of carboxylic acid groups (broad SMARTS) is 1. The second-order valence-corrected chi connectivity index (χ2v) is 4.80. The van der Waals surface area contributed by atoms with Gasteiger partial charge in [0, 0.05) is 6.42 Å². The number of nitrogens with zero attached hydrogens (tertiary/aromatic N) is 1. The van der Waals surface area contributed by atoms with Gasteiger partial charge in [0.1, 0.15) is 12.6 Å². The normalized spacial score (nSPS) is 21.1. The summed E-state index contributed by atoms with van der Waals surface area (Å²) in [6, 6.07) is 7.60. The smallest absolute Gasteiger partial charge is 0.410 e. The summed E-state index contributed by atoms with van der Waals surface area (Å²) in [5, 5.41) is 9.08. The molecule has 1 saturated heterocycles. The average molecular weight is 315 g/mol. The Hall–Kier alpha value is -2.22. The highest BCUT2D eigenvalue weighted by Gasteiger charge is 2.42. The SMILES string of the molecule is O=C(O)[C@@H]1C[C@H](OC(F)F)CN1C(=O)OCc1ccccc1. The van der Waals surface area contributed by atoms with E-state index in [2.05, 4.69) is 4.74 Å². The Morgan fingerprint density at radius 1 is 1.32 bits per heavy atom. The van der Waals surface area contributed by atoms with Crippen molar-refractivity contribution < 1.29 is 33.0 Å². The number of carboxylic acids is 1. The van der Waals surface area contributed by atoms with Gasteiger partial charge in [0.05, 0.1) is 12.6 Å². The van der Waals surface area contributed by atoms with Crippen molar-refractivity contribution in [1.82, 2.24) is 4.90 Å². The number of ether oxygens (including phenoxy) is 2. The Morgan fingerprint density at radius 2 is 2.00 bits per heavy atom. The molecule has 1 aliphatic rings. The zero-order valence-corrected chi connectivity index (χ0v) is 11.5. The third-order valence-corrected chi connectivity index (χ3v) is 3.28. The van der Waals surface area contributed by atoms with Crippen LogP contribution in [0.5, 0.6) is 0 Å². The van der Waals surface area contributed by atoms with E-state index >= 15 is 0 Å². The molecule has 120 valence electrons. The number of rotatable bonds is 5. The minimum atomic E-state index is -3.01. The molecular formula is C14H15F2NO5. The summed E-state index contributed by atoms with van der Waals surface area (Å²) in [6.07, 6.45) is -2.08. The number of hydrogen-bond donors (Lipinski definition) is 1. The van der Waals surface area contributed by atoms with Gasteiger partial charge in [-0.15, -0.1) is 0 Å². The van der Waals surface area contributed by atoms with E-state index in [1.807, 2.05) is 0 Å². The van der Waals surface area contributed by atoms with Crippen LogP contribution in [-0.2, 0) is 20.9 Å². The number of halogens is 2. The number of alkyl halides is 2. The van der Waals surface area contributed by atoms with Crippen molar-refractivity contribution in [2.45, 2.75) is 31.8 Å². The van der Waals surface area contributed by atoms with Crippen LogP contribution in [0.4, 0.5) is 13.6 Å². The first-order valence-corrected chi connectivity index (χ1v) is 6.61. The molecule has 2 rings (SSSR count). The number of carbonyl (C=O) groups excluding carboxylic acids is 1. The van der Waals surface area contributed by atoms with Gasteiger partial charge in [-0.3, -0.25) is 4.90 Å². The molecule has 1 amide bonds. The molecule has 6 nitrogen and oxygen atoms in total. The lowest BCUT2D eigenvalue weighted by atomic mass is 10.2. The summed E-state index contributed by atoms with van der Waals surface area (Å²) in [5.41, 5.74) is 0.738. The zero-order valence-electron chi connectivity index (χ0n) is 11.5. The van der Waals surface area contributed by atoms with Gasteiger partial charge in [-0.05, 0) is 5.56 Å². The molecular weight excluding hydrogens is 300 g/mol. The highest BCUT2D eigenvalue weighted by atomic mass is 19.3. The first kappa shape index (κ1) is 16.2. The van der Waals surface area contributed by atoms with Gasteiger partial charge in [-0.1, -0.05) is 30.3 Å². The number of hydrogen-bond acceptors (Lipinski definition) is 4. The molecule has 0 aromatic heterocycles. The Morgan fingerprint density at radius 3 is 2.59 bits per heavy atom. The maximum Gasteiger partial charge on any atom is 0.410 e. The lowest BCUT2D eigenvalue weighted by Gasteiger charge is -2.20. The topological polar surface area (TPSA) is 76.1 Å². The van der Waals surface area contributed by atoms with Crippen LogP contribution in [0.1, 0.15) is 12.0 Å². The standard InChI is InChI=1S/C14H15F2NO5/c15-13(16)22-10-6-11(12(18)19)17(7-10)14(20)21-8-9-4-2-1-3-5-9/h1-5,10-11,13H,6-8H2,(H,18,19)/t10-,11-/m0/s1. The van der Waals surface area contributed by atoms with Crippen LogP contribution in [0, 0.1) is 0 Å². The maximum atomic E-state index is 12.2. The summed E-state index contributed by atoms with van der Waals surface area (Å²) in [6.45, 7) is -3.28. The van der Waals surface area contributed by atoms with Gasteiger partial charge in [-0.2, -0.15) is 8.78 Å². The molecule has 0 bridgehead atoms. The minimum absolute atomic E-state index is 0.0249. The second-order valence-electron chi connectivity index (χ2n) is 4.80. The number of likely N-dealkylation sites (tertiary alicyclic amines) is 1. The summed E-state index contributed by atoms with van der Waals surface area (Å²) in [4.78, 5) is 24.0. The van der Waals surface area contributed by atoms with Crippen molar-refractivity contribution in [3.63, 3.8) is 0 Å². The molecule has 1 aromatic rings. The largest absolute Gasteiger partial charge is 0.480 e. The van der Waals surface area contributed by atoms with Crippen LogP contribution in [0.2, 0.25) is 0 Å². The molecule has 1 fully saturated rings. The first-order chi connectivity index (χ1) is 10.5. The van der Waals surface area contributed by atoms with E-state index in [1.54, 1.807) is 30.3 Å². The highest BCUT2D eigenvalue weighted by molar-refractivity contribution is 5.80. The zero-order chi connectivity index (χ0) is 16.1. The fourth-order valence-electron chi connectivity index (χ4n) is 2.28. The molecule has 2 atom stereocenters. The monoisotopic (exact) mass is 315 g/mol. The Labute approximate surface area is 125 Å². The molecule has 1 heterocycles. The average Bonchev–Trinajstić information content (AvgIpc) is 2.89. The lowest BCUT2D eigenvalue weighted by Crippen LogP contribution is -2.40. The van der Waals surface area contributed by atoms with Crippen molar-refractivity contribution in [2.75, 3.05) is 6.54 Å². The third kappa shape index (κ3) is 4.14. The third-order valence-electron chi connectivity index (χ3n) is 3.28. The molecule has 0 unspecified atom stereocenters. The van der Waals surface area contributed by atoms with E-state index in [0.29, 0.717) is 0 Å². The molecule has 1 aromatic carbocycles. The quantitative estimate of drug-likeness (QED) is 0.900. The van der Waals surface area contributed by atoms with E-state index < -0.39 is 30.8 Å². The molecule has 0 aliphatic carbocycles. The lowest BCUT2D eigenvalue weighted by molar-refractivity contribution is -0.159. The van der Waals surface area contributed by atoms with E-state index in [-0.39, 0.29) is 19.6 Å². The van der Waals surface area contributed by atoms with Crippen LogP contribution in [0.25, 0.3) is 0 Å². The summed E-state index contributed by atoms with van der Waals surface area (Å²) in [7, 11) is 0. The van der Waals surface area contributed by atoms with Crippen molar-refractivity contribution in [2.24, 2.45) is 0 Å². The summed E-state index contributed by atoms with van der Waals surface area (Å²) in [5.74, 6) is -1.28. The predicted molar refractivity (Wildman–Crippen MR) is 70.3 cm³/mol. The predicted octanol–water partition coefficient (Wildman–Crippen LogP) is 2.09. The van der Waals surface area contributed by atoms with Crippen molar-refractivity contribution >= 4 is 12.1 Å². The van der Waals surface area contributed by atoms with E-state index in [1.165, 1.54) is 0 Å². The Balaban J connectivity index is 1.95. The molecule has 1 N–H and O–H groups in total. The van der Waals surface area contributed by atoms with Gasteiger partial charge in [0.2, 0.25) is 0 Å². The van der Waals surface area contributed by atoms with Crippen molar-refractivity contribution in [3.05, 3.63) is 35.9 Å². The molecule has 0 saturated carbocycles. The number of aliphatic carboxylic acids is 1. The number of carbonyl (C=O) groups is 2. The van der Waals surface area contributed by atoms with Gasteiger partial charge in [-0.25, -0.2) is 9.59 Å². The fourth-order valence-corrected chi connectivity index (χ4v) is 2.28. The highest BCUT2D eigenvalue weighted by Crippen LogP contribution is 2.23. The van der Waals surface area contributed by atoms with Gasteiger partial charge >= 0.3 is 18.7 Å². The Bertz CT molecular complexity index is 525. The van der Waals surface area contributed by atoms with Crippen LogP contribution < -0.4 is 0 Å². The van der Waals surface area contributed by atoms with Gasteiger partial charge < -0.3 is 14.6 Å². The van der Waals surface area contributed by atoms with Gasteiger partial charge in [0.15, 0.2) is 0 Å². The summed E-state index contributed by atoms with van der Waals surface area (Å²) < 4.78 is 33.7. The van der Waals surface area contributed by atoms with E-state index in [0.717, 1.165) is 10.5 Å². The molecule has 8 heteroatoms. The Kier molecular flexibility index (Phi) is 5.26. The molecule has 0 radical (unpaired) electrons. The summed E-state index contributed by atoms with van der Waals surface area (Å²) >= 11 is 0.